The first-order valence-corrected chi connectivity index (χ1v) is 4.16. The van der Waals surface area contributed by atoms with Gasteiger partial charge in [-0.1, -0.05) is 11.6 Å². The number of nitrogens with zero attached hydrogens (tertiary/aromatic N) is 1. The van der Waals surface area contributed by atoms with Crippen molar-refractivity contribution in [1.82, 2.24) is 10.6 Å². The van der Waals surface area contributed by atoms with Gasteiger partial charge in [0.05, 0.1) is 0 Å². The molecule has 0 saturated carbocycles. The van der Waals surface area contributed by atoms with Gasteiger partial charge in [0.25, 0.3) is 0 Å². The molecular weight excluding hydrogens is 213 g/mol. The smallest absolute Gasteiger partial charge is 0.369 e. The van der Waals surface area contributed by atoms with Crippen LogP contribution < -0.4 is 10.6 Å². The second kappa shape index (κ2) is 4.80. The van der Waals surface area contributed by atoms with Crippen LogP contribution in [-0.4, -0.2) is 28.6 Å². The average Bonchev–Trinajstić information content (AvgIpc) is 2.04. The molecule has 1 rings (SSSR count). The highest BCUT2D eigenvalue weighted by Gasteiger charge is 2.36. The zero-order chi connectivity index (χ0) is 9.90. The topological polar surface area (TPSA) is 73.7 Å². The van der Waals surface area contributed by atoms with Crippen molar-refractivity contribution in [3.8, 4) is 0 Å². The van der Waals surface area contributed by atoms with Crippen molar-refractivity contribution in [1.29, 1.82) is 0 Å². The van der Waals surface area contributed by atoms with Gasteiger partial charge in [0, 0.05) is 12.7 Å². The molecular formula is C7H11ClFN3O2. The Morgan fingerprint density at radius 1 is 1.86 bits per heavy atom. The quantitative estimate of drug-likeness (QED) is 0.463. The Kier molecular flexibility index (Phi) is 4.36. The fourth-order valence-corrected chi connectivity index (χ4v) is 1.01. The minimum atomic E-state index is -1.77. The zero-order valence-corrected chi connectivity index (χ0v) is 8.21. The second-order valence-electron chi connectivity index (χ2n) is 2.43. The van der Waals surface area contributed by atoms with Crippen LogP contribution in [-0.2, 0) is 4.79 Å². The molecule has 0 aromatic heterocycles. The van der Waals surface area contributed by atoms with E-state index in [2.05, 4.69) is 15.6 Å². The maximum absolute atomic E-state index is 10.7. The number of hydrogen-bond acceptors (Lipinski definition) is 4. The van der Waals surface area contributed by atoms with Crippen molar-refractivity contribution >= 4 is 23.4 Å². The third kappa shape index (κ3) is 2.59. The van der Waals surface area contributed by atoms with E-state index in [1.54, 1.807) is 6.08 Å². The Morgan fingerprint density at radius 2 is 2.50 bits per heavy atom. The van der Waals surface area contributed by atoms with Crippen LogP contribution in [0.15, 0.2) is 17.3 Å². The number of carboxylic acid groups (broad SMARTS) is 1. The predicted octanol–water partition coefficient (Wildman–Crippen LogP) is 0.241. The van der Waals surface area contributed by atoms with Gasteiger partial charge in [0.15, 0.2) is 0 Å². The molecule has 0 amide bonds. The number of rotatable bonds is 2. The molecule has 14 heavy (non-hydrogen) atoms. The van der Waals surface area contributed by atoms with Crippen LogP contribution in [0.1, 0.15) is 6.92 Å². The fourth-order valence-electron chi connectivity index (χ4n) is 0.856. The summed E-state index contributed by atoms with van der Waals surface area (Å²) in [6.07, 6.45) is 3.07. The molecule has 0 fully saturated rings. The Morgan fingerprint density at radius 3 is 3.00 bits per heavy atom. The van der Waals surface area contributed by atoms with Crippen molar-refractivity contribution in [3.05, 3.63) is 12.3 Å². The van der Waals surface area contributed by atoms with E-state index < -0.39 is 11.1 Å². The second-order valence-corrected chi connectivity index (χ2v) is 2.98. The van der Waals surface area contributed by atoms with Gasteiger partial charge in [-0.25, -0.2) is 9.79 Å². The lowest BCUT2D eigenvalue weighted by atomic mass is 10.4. The van der Waals surface area contributed by atoms with E-state index in [0.29, 0.717) is 12.4 Å². The van der Waals surface area contributed by atoms with Crippen LogP contribution in [0.5, 0.6) is 0 Å². The van der Waals surface area contributed by atoms with Gasteiger partial charge in [0.2, 0.25) is 0 Å². The van der Waals surface area contributed by atoms with Gasteiger partial charge in [-0.05, 0) is 13.0 Å². The van der Waals surface area contributed by atoms with Gasteiger partial charge in [-0.15, -0.1) is 0 Å². The fraction of sp³-hybridized carbons (Fsp3) is 0.429. The Hall–Kier alpha value is -1.30. The van der Waals surface area contributed by atoms with Crippen molar-refractivity contribution in [2.75, 3.05) is 6.54 Å². The molecule has 5 nitrogen and oxygen atoms in total. The highest BCUT2D eigenvalue weighted by molar-refractivity contribution is 6.34. The number of amidine groups is 1. The van der Waals surface area contributed by atoms with Crippen molar-refractivity contribution < 1.29 is 14.6 Å². The van der Waals surface area contributed by atoms with E-state index in [9.17, 15) is 4.79 Å². The van der Waals surface area contributed by atoms with E-state index in [1.807, 2.05) is 6.92 Å². The summed E-state index contributed by atoms with van der Waals surface area (Å²) >= 11 is 5.65. The number of halogens is 2. The van der Waals surface area contributed by atoms with E-state index in [0.717, 1.165) is 0 Å². The van der Waals surface area contributed by atoms with Crippen LogP contribution in [0.25, 0.3) is 0 Å². The molecule has 3 N–H and O–H groups in total. The first kappa shape index (κ1) is 12.7. The molecule has 1 unspecified atom stereocenters. The van der Waals surface area contributed by atoms with E-state index in [-0.39, 0.29) is 4.70 Å². The number of aliphatic imine (C=N–C) groups is 1. The summed E-state index contributed by atoms with van der Waals surface area (Å²) in [5.41, 5.74) is 0. The summed E-state index contributed by atoms with van der Waals surface area (Å²) in [5, 5.41) is 12.3. The molecule has 7 heteroatoms. The predicted molar refractivity (Wildman–Crippen MR) is 52.1 cm³/mol. The normalized spacial score (nSPS) is 24.3. The Bertz CT molecular complexity index is 282. The van der Waals surface area contributed by atoms with E-state index in [1.165, 1.54) is 6.20 Å². The van der Waals surface area contributed by atoms with Crippen LogP contribution in [0.3, 0.4) is 0 Å². The molecule has 1 heterocycles. The molecule has 0 spiro atoms. The minimum absolute atomic E-state index is 0. The molecule has 0 aromatic carbocycles. The molecule has 0 bridgehead atoms. The first-order valence-electron chi connectivity index (χ1n) is 3.79. The number of nitrogens with one attached hydrogen (secondary N) is 2. The van der Waals surface area contributed by atoms with E-state index in [4.69, 9.17) is 16.7 Å². The van der Waals surface area contributed by atoms with Gasteiger partial charge < -0.3 is 15.7 Å². The number of alkyl halides is 1. The summed E-state index contributed by atoms with van der Waals surface area (Å²) in [6.45, 7) is 2.55. The largest absolute Gasteiger partial charge is 0.477 e. The number of carboxylic acids is 1. The Labute approximate surface area is 85.2 Å². The van der Waals surface area contributed by atoms with Crippen molar-refractivity contribution in [2.24, 2.45) is 4.99 Å². The van der Waals surface area contributed by atoms with Crippen molar-refractivity contribution in [3.63, 3.8) is 0 Å². The Balaban J connectivity index is 0.00000169. The highest BCUT2D eigenvalue weighted by atomic mass is 35.5. The maximum atomic E-state index is 10.7. The molecule has 1 aliphatic rings. The van der Waals surface area contributed by atoms with Crippen molar-refractivity contribution in [2.45, 2.75) is 12.0 Å². The third-order valence-corrected chi connectivity index (χ3v) is 1.79. The molecule has 1 atom stereocenters. The maximum Gasteiger partial charge on any atom is 0.369 e. The van der Waals surface area contributed by atoms with Gasteiger partial charge in [-0.2, -0.15) is 0 Å². The lowest BCUT2D eigenvalue weighted by Gasteiger charge is -2.22. The van der Waals surface area contributed by atoms with Gasteiger partial charge in [-0.3, -0.25) is 4.70 Å². The SMILES string of the molecule is CCNC1=NC(Cl)(C(=O)O)NC=C1.F. The monoisotopic (exact) mass is 223 g/mol. The average molecular weight is 224 g/mol. The van der Waals surface area contributed by atoms with Crippen LogP contribution >= 0.6 is 11.6 Å². The first-order chi connectivity index (χ1) is 6.08. The number of aliphatic carboxylic acids is 1. The lowest BCUT2D eigenvalue weighted by molar-refractivity contribution is -0.140. The van der Waals surface area contributed by atoms with Gasteiger partial charge >= 0.3 is 11.1 Å². The summed E-state index contributed by atoms with van der Waals surface area (Å²) in [4.78, 5) is 14.4. The van der Waals surface area contributed by atoms with Crippen LogP contribution in [0, 0.1) is 0 Å². The van der Waals surface area contributed by atoms with Crippen LogP contribution in [0.4, 0.5) is 4.70 Å². The minimum Gasteiger partial charge on any atom is -0.477 e. The molecule has 1 aliphatic heterocycles. The van der Waals surface area contributed by atoms with Gasteiger partial charge in [0.1, 0.15) is 5.84 Å². The van der Waals surface area contributed by atoms with E-state index >= 15 is 0 Å². The molecule has 0 radical (unpaired) electrons. The lowest BCUT2D eigenvalue weighted by Crippen LogP contribution is -2.46. The standard InChI is InChI=1S/C7H10ClN3O2.FH/c1-2-9-5-3-4-10-7(8,11-5)6(12)13;/h3-4,10H,2H2,1H3,(H,9,11)(H,12,13);1H. The molecule has 0 aliphatic carbocycles. The summed E-state index contributed by atoms with van der Waals surface area (Å²) in [6, 6.07) is 0. The summed E-state index contributed by atoms with van der Waals surface area (Å²) < 4.78 is 0. The number of carbonyl (C=O) groups is 1. The zero-order valence-electron chi connectivity index (χ0n) is 7.45. The summed E-state index contributed by atoms with van der Waals surface area (Å²) in [5.74, 6) is -0.771. The molecule has 80 valence electrons. The highest BCUT2D eigenvalue weighted by Crippen LogP contribution is 2.16. The molecule has 0 aromatic rings. The number of hydrogen-bond donors (Lipinski definition) is 3. The van der Waals surface area contributed by atoms with Crippen LogP contribution in [0.2, 0.25) is 0 Å². The third-order valence-electron chi connectivity index (χ3n) is 1.43. The molecule has 0 saturated heterocycles. The number of likely N-dealkylation sites (N-methyl/N-ethyl adjacent to an activating group) is 1. The summed E-state index contributed by atoms with van der Waals surface area (Å²) in [7, 11) is 0.